The van der Waals surface area contributed by atoms with Crippen LogP contribution in [-0.2, 0) is 6.54 Å². The lowest BCUT2D eigenvalue weighted by Crippen LogP contribution is -2.39. The maximum atomic E-state index is 13.1. The minimum absolute atomic E-state index is 0. The molecular formula is C16H25FIN3. The van der Waals surface area contributed by atoms with Gasteiger partial charge in [0.05, 0.1) is 6.54 Å². The van der Waals surface area contributed by atoms with Crippen LogP contribution in [0.5, 0.6) is 0 Å². The summed E-state index contributed by atoms with van der Waals surface area (Å²) in [5.74, 6) is 0.628. The van der Waals surface area contributed by atoms with Crippen LogP contribution in [0.1, 0.15) is 25.3 Å². The lowest BCUT2D eigenvalue weighted by molar-refractivity contribution is 0.470. The molecule has 0 radical (unpaired) electrons. The fraction of sp³-hybridized carbons (Fsp3) is 0.438. The van der Waals surface area contributed by atoms with Gasteiger partial charge in [-0.05, 0) is 37.5 Å². The summed E-state index contributed by atoms with van der Waals surface area (Å²) in [6, 6.07) is 6.55. The first-order chi connectivity index (χ1) is 9.67. The predicted octanol–water partition coefficient (Wildman–Crippen LogP) is 3.81. The summed E-state index contributed by atoms with van der Waals surface area (Å²) >= 11 is 0. The molecule has 0 spiro atoms. The second kappa shape index (κ2) is 11.5. The van der Waals surface area contributed by atoms with E-state index in [2.05, 4.69) is 21.8 Å². The molecule has 118 valence electrons. The number of nitrogens with zero attached hydrogens (tertiary/aromatic N) is 2. The Hall–Kier alpha value is -1.11. The zero-order chi connectivity index (χ0) is 14.8. The topological polar surface area (TPSA) is 27.6 Å². The highest BCUT2D eigenvalue weighted by atomic mass is 127. The molecule has 0 aliphatic carbocycles. The second-order valence-corrected chi connectivity index (χ2v) is 4.65. The number of allylic oxidation sites excluding steroid dienone is 1. The van der Waals surface area contributed by atoms with Crippen molar-refractivity contribution in [3.63, 3.8) is 0 Å². The molecular weight excluding hydrogens is 380 g/mol. The predicted molar refractivity (Wildman–Crippen MR) is 98.7 cm³/mol. The molecule has 1 rings (SSSR count). The summed E-state index contributed by atoms with van der Waals surface area (Å²) in [5, 5.41) is 3.25. The van der Waals surface area contributed by atoms with Gasteiger partial charge in [-0.1, -0.05) is 18.2 Å². The van der Waals surface area contributed by atoms with Gasteiger partial charge in [-0.25, -0.2) is 9.38 Å². The van der Waals surface area contributed by atoms with E-state index in [0.29, 0.717) is 6.54 Å². The van der Waals surface area contributed by atoms with Crippen molar-refractivity contribution >= 4 is 29.9 Å². The van der Waals surface area contributed by atoms with E-state index in [1.807, 2.05) is 26.1 Å². The molecule has 0 bridgehead atoms. The molecule has 3 nitrogen and oxygen atoms in total. The van der Waals surface area contributed by atoms with Crippen molar-refractivity contribution in [2.45, 2.75) is 26.3 Å². The van der Waals surface area contributed by atoms with Crippen LogP contribution in [0.25, 0.3) is 0 Å². The van der Waals surface area contributed by atoms with Gasteiger partial charge in [0.1, 0.15) is 5.82 Å². The Morgan fingerprint density at radius 1 is 1.48 bits per heavy atom. The van der Waals surface area contributed by atoms with Crippen LogP contribution in [0.2, 0.25) is 0 Å². The first-order valence-corrected chi connectivity index (χ1v) is 7.02. The lowest BCUT2D eigenvalue weighted by atomic mass is 10.2. The van der Waals surface area contributed by atoms with Crippen LogP contribution in [0.4, 0.5) is 4.39 Å². The van der Waals surface area contributed by atoms with E-state index < -0.39 is 0 Å². The fourth-order valence-corrected chi connectivity index (χ4v) is 1.85. The van der Waals surface area contributed by atoms with Crippen molar-refractivity contribution in [1.29, 1.82) is 0 Å². The molecule has 0 atom stereocenters. The zero-order valence-electron chi connectivity index (χ0n) is 12.8. The average molecular weight is 405 g/mol. The highest BCUT2D eigenvalue weighted by Gasteiger charge is 2.04. The summed E-state index contributed by atoms with van der Waals surface area (Å²) in [6.07, 6.45) is 3.96. The van der Waals surface area contributed by atoms with E-state index >= 15 is 0 Å². The molecule has 1 aromatic rings. The van der Waals surface area contributed by atoms with Crippen LogP contribution in [-0.4, -0.2) is 31.0 Å². The number of hydrogen-bond donors (Lipinski definition) is 1. The molecule has 0 unspecified atom stereocenters. The van der Waals surface area contributed by atoms with Crippen LogP contribution in [0.15, 0.2) is 41.9 Å². The van der Waals surface area contributed by atoms with Crippen molar-refractivity contribution in [2.24, 2.45) is 4.99 Å². The summed E-state index contributed by atoms with van der Waals surface area (Å²) in [6.45, 7) is 7.97. The third kappa shape index (κ3) is 8.04. The molecule has 0 saturated heterocycles. The van der Waals surface area contributed by atoms with Gasteiger partial charge >= 0.3 is 0 Å². The monoisotopic (exact) mass is 405 g/mol. The summed E-state index contributed by atoms with van der Waals surface area (Å²) in [5.41, 5.74) is 0.875. The average Bonchev–Trinajstić information content (AvgIpc) is 2.43. The molecule has 0 amide bonds. The van der Waals surface area contributed by atoms with E-state index in [9.17, 15) is 4.39 Å². The number of aliphatic imine (C=N–C) groups is 1. The molecule has 21 heavy (non-hydrogen) atoms. The van der Waals surface area contributed by atoms with Crippen LogP contribution in [0, 0.1) is 5.82 Å². The molecule has 0 fully saturated rings. The van der Waals surface area contributed by atoms with Gasteiger partial charge in [-0.2, -0.15) is 0 Å². The van der Waals surface area contributed by atoms with Crippen molar-refractivity contribution in [1.82, 2.24) is 10.2 Å². The number of guanidine groups is 1. The van der Waals surface area contributed by atoms with Crippen LogP contribution < -0.4 is 5.32 Å². The Bertz CT molecular complexity index is 449. The molecule has 0 aromatic heterocycles. The highest BCUT2D eigenvalue weighted by Crippen LogP contribution is 2.05. The number of nitrogens with one attached hydrogen (secondary N) is 1. The first kappa shape index (κ1) is 19.9. The zero-order valence-corrected chi connectivity index (χ0v) is 15.1. The second-order valence-electron chi connectivity index (χ2n) is 4.65. The molecule has 0 heterocycles. The summed E-state index contributed by atoms with van der Waals surface area (Å²) < 4.78 is 13.1. The van der Waals surface area contributed by atoms with Gasteiger partial charge in [0.15, 0.2) is 5.96 Å². The smallest absolute Gasteiger partial charge is 0.193 e. The molecule has 0 saturated carbocycles. The Balaban J connectivity index is 0.00000400. The minimum atomic E-state index is -0.220. The van der Waals surface area contributed by atoms with E-state index in [1.165, 1.54) is 12.1 Å². The van der Waals surface area contributed by atoms with E-state index in [-0.39, 0.29) is 29.8 Å². The largest absolute Gasteiger partial charge is 0.357 e. The van der Waals surface area contributed by atoms with Crippen LogP contribution >= 0.6 is 24.0 Å². The standard InChI is InChI=1S/C16H24FN3.HI/c1-4-6-7-11-20(3)16(18-5-2)19-13-14-9-8-10-15(17)12-14;/h4,8-10,12H,1,5-7,11,13H2,2-3H3,(H,18,19);1H. The molecule has 1 aromatic carbocycles. The fourth-order valence-electron chi connectivity index (χ4n) is 1.85. The SMILES string of the molecule is C=CCCCN(C)C(=NCc1cccc(F)c1)NCC.I. The Labute approximate surface area is 144 Å². The minimum Gasteiger partial charge on any atom is -0.357 e. The third-order valence-corrected chi connectivity index (χ3v) is 2.90. The first-order valence-electron chi connectivity index (χ1n) is 7.02. The Morgan fingerprint density at radius 2 is 2.24 bits per heavy atom. The Kier molecular flexibility index (Phi) is 10.9. The van der Waals surface area contributed by atoms with E-state index in [0.717, 1.165) is 37.5 Å². The molecule has 0 aliphatic rings. The number of hydrogen-bond acceptors (Lipinski definition) is 1. The van der Waals surface area contributed by atoms with Crippen LogP contribution in [0.3, 0.4) is 0 Å². The van der Waals surface area contributed by atoms with Gasteiger partial charge < -0.3 is 10.2 Å². The van der Waals surface area contributed by atoms with Crippen molar-refractivity contribution in [3.8, 4) is 0 Å². The molecule has 5 heteroatoms. The number of benzene rings is 1. The maximum Gasteiger partial charge on any atom is 0.193 e. The normalized spacial score (nSPS) is 10.7. The molecule has 1 N–H and O–H groups in total. The number of unbranched alkanes of at least 4 members (excludes halogenated alkanes) is 1. The third-order valence-electron chi connectivity index (χ3n) is 2.90. The van der Waals surface area contributed by atoms with E-state index in [4.69, 9.17) is 0 Å². The Morgan fingerprint density at radius 3 is 2.86 bits per heavy atom. The van der Waals surface area contributed by atoms with Crippen molar-refractivity contribution < 1.29 is 4.39 Å². The van der Waals surface area contributed by atoms with Gasteiger partial charge in [0.2, 0.25) is 0 Å². The van der Waals surface area contributed by atoms with Gasteiger partial charge in [0, 0.05) is 20.1 Å². The number of rotatable bonds is 7. The van der Waals surface area contributed by atoms with Gasteiger partial charge in [-0.15, -0.1) is 30.6 Å². The lowest BCUT2D eigenvalue weighted by Gasteiger charge is -2.21. The summed E-state index contributed by atoms with van der Waals surface area (Å²) in [4.78, 5) is 6.63. The molecule has 0 aliphatic heterocycles. The van der Waals surface area contributed by atoms with Crippen molar-refractivity contribution in [2.75, 3.05) is 20.1 Å². The number of halogens is 2. The van der Waals surface area contributed by atoms with Gasteiger partial charge in [0.25, 0.3) is 0 Å². The van der Waals surface area contributed by atoms with Crippen molar-refractivity contribution in [3.05, 3.63) is 48.3 Å². The quantitative estimate of drug-likeness (QED) is 0.246. The maximum absolute atomic E-state index is 13.1. The van der Waals surface area contributed by atoms with Gasteiger partial charge in [-0.3, -0.25) is 0 Å². The summed E-state index contributed by atoms with van der Waals surface area (Å²) in [7, 11) is 2.01. The van der Waals surface area contributed by atoms with E-state index in [1.54, 1.807) is 6.07 Å². The highest BCUT2D eigenvalue weighted by molar-refractivity contribution is 14.0.